The van der Waals surface area contributed by atoms with Crippen molar-refractivity contribution < 1.29 is 19.2 Å². The lowest BCUT2D eigenvalue weighted by atomic mass is 9.99. The maximum Gasteiger partial charge on any atom is 0.329 e. The largest absolute Gasteiger partial charge is 0.467 e. The number of methoxy groups -OCH3 is 1. The molecule has 1 heterocycles. The molecule has 0 aromatic heterocycles. The van der Waals surface area contributed by atoms with E-state index in [9.17, 15) is 14.9 Å². The third-order valence-electron chi connectivity index (χ3n) is 4.60. The Morgan fingerprint density at radius 1 is 1.14 bits per heavy atom. The van der Waals surface area contributed by atoms with Crippen molar-refractivity contribution in [2.45, 2.75) is 12.5 Å². The number of amides is 1. The number of oxime groups is 1. The molecule has 0 unspecified atom stereocenters. The van der Waals surface area contributed by atoms with Gasteiger partial charge in [-0.1, -0.05) is 35.5 Å². The van der Waals surface area contributed by atoms with Gasteiger partial charge in [-0.05, 0) is 29.3 Å². The molecule has 1 saturated heterocycles. The fourth-order valence-corrected chi connectivity index (χ4v) is 3.25. The number of esters is 1. The van der Waals surface area contributed by atoms with Gasteiger partial charge < -0.3 is 14.5 Å². The lowest BCUT2D eigenvalue weighted by molar-refractivity contribution is -0.145. The molecule has 1 aliphatic heterocycles. The fraction of sp³-hybridized carbons (Fsp3) is 0.238. The molecule has 0 radical (unpaired) electrons. The van der Waals surface area contributed by atoms with Gasteiger partial charge in [-0.3, -0.25) is 4.79 Å². The number of rotatable bonds is 4. The van der Waals surface area contributed by atoms with Crippen molar-refractivity contribution in [3.8, 4) is 17.2 Å². The Morgan fingerprint density at radius 3 is 2.50 bits per heavy atom. The number of hydrogen-bond donors (Lipinski definition) is 0. The van der Waals surface area contributed by atoms with E-state index in [1.54, 1.807) is 36.4 Å². The molecule has 1 aliphatic rings. The summed E-state index contributed by atoms with van der Waals surface area (Å²) in [6.07, 6.45) is 0.278. The first kappa shape index (κ1) is 19.1. The molecule has 0 spiro atoms. The standard InChI is InChI=1S/C21H19N3O4/c1-27-21(26)19-11-17(23-28-2)13-24(19)20(25)15-9-7-14(8-10-15)18-6-4-3-5-16(18)12-22/h3-10,19H,11,13H2,1-2H3/b23-17+/t19-/m0/s1. The second-order valence-electron chi connectivity index (χ2n) is 6.25. The minimum atomic E-state index is -0.731. The van der Waals surface area contributed by atoms with Crippen LogP contribution in [0.4, 0.5) is 0 Å². The molecular formula is C21H19N3O4. The Bertz CT molecular complexity index is 960. The number of carbonyl (C=O) groups excluding carboxylic acids is 2. The van der Waals surface area contributed by atoms with Gasteiger partial charge in [-0.2, -0.15) is 5.26 Å². The fourth-order valence-electron chi connectivity index (χ4n) is 3.25. The minimum absolute atomic E-state index is 0.200. The zero-order chi connectivity index (χ0) is 20.1. The van der Waals surface area contributed by atoms with Gasteiger partial charge >= 0.3 is 5.97 Å². The molecule has 0 N–H and O–H groups in total. The van der Waals surface area contributed by atoms with Crippen molar-refractivity contribution >= 4 is 17.6 Å². The van der Waals surface area contributed by atoms with E-state index in [-0.39, 0.29) is 18.9 Å². The number of nitrogens with zero attached hydrogens (tertiary/aromatic N) is 3. The SMILES string of the molecule is CO/N=C1\C[C@@H](C(=O)OC)N(C(=O)c2ccc(-c3ccccc3C#N)cc2)C1. The zero-order valence-corrected chi connectivity index (χ0v) is 15.6. The molecule has 0 bridgehead atoms. The van der Waals surface area contributed by atoms with Gasteiger partial charge in [0, 0.05) is 12.0 Å². The van der Waals surface area contributed by atoms with Crippen molar-refractivity contribution in [1.82, 2.24) is 4.90 Å². The van der Waals surface area contributed by atoms with Crippen LogP contribution in [0.2, 0.25) is 0 Å². The Kier molecular flexibility index (Phi) is 5.70. The first-order chi connectivity index (χ1) is 13.6. The lowest BCUT2D eigenvalue weighted by Gasteiger charge is -2.22. The summed E-state index contributed by atoms with van der Waals surface area (Å²) in [4.78, 5) is 31.3. The van der Waals surface area contributed by atoms with Gasteiger partial charge in [-0.15, -0.1) is 0 Å². The van der Waals surface area contributed by atoms with E-state index in [2.05, 4.69) is 11.2 Å². The summed E-state index contributed by atoms with van der Waals surface area (Å²) in [5.74, 6) is -0.786. The second-order valence-corrected chi connectivity index (χ2v) is 6.25. The van der Waals surface area contributed by atoms with Crippen LogP contribution in [-0.2, 0) is 14.4 Å². The van der Waals surface area contributed by atoms with Crippen molar-refractivity contribution in [2.24, 2.45) is 5.16 Å². The Balaban J connectivity index is 1.87. The summed E-state index contributed by atoms with van der Waals surface area (Å²) in [5.41, 5.74) is 3.23. The summed E-state index contributed by atoms with van der Waals surface area (Å²) >= 11 is 0. The van der Waals surface area contributed by atoms with Gasteiger partial charge in [0.25, 0.3) is 5.91 Å². The average molecular weight is 377 g/mol. The van der Waals surface area contributed by atoms with Crippen LogP contribution in [0.15, 0.2) is 53.7 Å². The third kappa shape index (κ3) is 3.71. The molecule has 1 amide bonds. The van der Waals surface area contributed by atoms with E-state index >= 15 is 0 Å². The maximum absolute atomic E-state index is 13.0. The minimum Gasteiger partial charge on any atom is -0.467 e. The number of hydrogen-bond acceptors (Lipinski definition) is 6. The van der Waals surface area contributed by atoms with Gasteiger partial charge in [0.15, 0.2) is 0 Å². The second kappa shape index (κ2) is 8.35. The van der Waals surface area contributed by atoms with Gasteiger partial charge in [0.1, 0.15) is 13.2 Å². The molecule has 3 rings (SSSR count). The van der Waals surface area contributed by atoms with Crippen molar-refractivity contribution in [1.29, 1.82) is 5.26 Å². The molecule has 1 atom stereocenters. The normalized spacial score (nSPS) is 17.2. The van der Waals surface area contributed by atoms with Crippen LogP contribution in [-0.4, -0.2) is 49.3 Å². The zero-order valence-electron chi connectivity index (χ0n) is 15.6. The van der Waals surface area contributed by atoms with Crippen LogP contribution in [0.5, 0.6) is 0 Å². The first-order valence-corrected chi connectivity index (χ1v) is 8.66. The van der Waals surface area contributed by atoms with Gasteiger partial charge in [-0.25, -0.2) is 4.79 Å². The summed E-state index contributed by atoms with van der Waals surface area (Å²) in [5, 5.41) is 13.1. The number of likely N-dealkylation sites (tertiary alicyclic amines) is 1. The number of ether oxygens (including phenoxy) is 1. The highest BCUT2D eigenvalue weighted by atomic mass is 16.6. The van der Waals surface area contributed by atoms with Crippen molar-refractivity contribution in [3.63, 3.8) is 0 Å². The maximum atomic E-state index is 13.0. The highest BCUT2D eigenvalue weighted by molar-refractivity contribution is 6.04. The van der Waals surface area contributed by atoms with Crippen LogP contribution in [0.1, 0.15) is 22.3 Å². The lowest BCUT2D eigenvalue weighted by Crippen LogP contribution is -2.41. The molecule has 0 saturated carbocycles. The summed E-state index contributed by atoms with van der Waals surface area (Å²) < 4.78 is 4.82. The molecule has 0 aliphatic carbocycles. The van der Waals surface area contributed by atoms with E-state index in [1.807, 2.05) is 12.1 Å². The molecule has 2 aromatic carbocycles. The van der Waals surface area contributed by atoms with E-state index in [0.29, 0.717) is 16.8 Å². The smallest absolute Gasteiger partial charge is 0.329 e. The average Bonchev–Trinajstić information content (AvgIpc) is 3.17. The number of nitriles is 1. The summed E-state index contributed by atoms with van der Waals surface area (Å²) in [6, 6.07) is 15.7. The third-order valence-corrected chi connectivity index (χ3v) is 4.60. The van der Waals surface area contributed by atoms with Crippen LogP contribution >= 0.6 is 0 Å². The topological polar surface area (TPSA) is 92.0 Å². The van der Waals surface area contributed by atoms with Crippen molar-refractivity contribution in [2.75, 3.05) is 20.8 Å². The highest BCUT2D eigenvalue weighted by Gasteiger charge is 2.39. The van der Waals surface area contributed by atoms with E-state index in [0.717, 1.165) is 11.1 Å². The Hall–Kier alpha value is -3.66. The van der Waals surface area contributed by atoms with Crippen LogP contribution in [0.3, 0.4) is 0 Å². The van der Waals surface area contributed by atoms with E-state index in [1.165, 1.54) is 19.1 Å². The van der Waals surface area contributed by atoms with Crippen LogP contribution in [0, 0.1) is 11.3 Å². The van der Waals surface area contributed by atoms with Gasteiger partial charge in [0.2, 0.25) is 0 Å². The quantitative estimate of drug-likeness (QED) is 0.603. The number of carbonyl (C=O) groups is 2. The number of benzene rings is 2. The summed E-state index contributed by atoms with van der Waals surface area (Å²) in [7, 11) is 2.71. The van der Waals surface area contributed by atoms with Crippen LogP contribution < -0.4 is 0 Å². The Labute approximate surface area is 162 Å². The molecule has 2 aromatic rings. The van der Waals surface area contributed by atoms with Crippen molar-refractivity contribution in [3.05, 3.63) is 59.7 Å². The predicted octanol–water partition coefficient (Wildman–Crippen LogP) is 2.62. The molecule has 7 heteroatoms. The molecule has 1 fully saturated rings. The van der Waals surface area contributed by atoms with E-state index < -0.39 is 12.0 Å². The summed E-state index contributed by atoms with van der Waals surface area (Å²) in [6.45, 7) is 0.200. The molecule has 142 valence electrons. The molecule has 7 nitrogen and oxygen atoms in total. The highest BCUT2D eigenvalue weighted by Crippen LogP contribution is 2.25. The predicted molar refractivity (Wildman–Crippen MR) is 102 cm³/mol. The van der Waals surface area contributed by atoms with E-state index in [4.69, 9.17) is 9.57 Å². The van der Waals surface area contributed by atoms with Crippen LogP contribution in [0.25, 0.3) is 11.1 Å². The Morgan fingerprint density at radius 2 is 1.86 bits per heavy atom. The monoisotopic (exact) mass is 377 g/mol. The molecular weight excluding hydrogens is 358 g/mol. The first-order valence-electron chi connectivity index (χ1n) is 8.66. The molecule has 28 heavy (non-hydrogen) atoms. The van der Waals surface area contributed by atoms with Gasteiger partial charge in [0.05, 0.1) is 31.0 Å².